The van der Waals surface area contributed by atoms with E-state index >= 15 is 0 Å². The minimum absolute atomic E-state index is 0.922. The van der Waals surface area contributed by atoms with Crippen LogP contribution in [0.15, 0.2) is 401 Å². The fourth-order valence-electron chi connectivity index (χ4n) is 12.7. The lowest BCUT2D eigenvalue weighted by Gasteiger charge is -2.30. The first-order valence-electron chi connectivity index (χ1n) is 33.6. The zero-order valence-electron chi connectivity index (χ0n) is 55.0. The van der Waals surface area contributed by atoms with E-state index in [0.717, 1.165) is 125 Å². The monoisotopic (exact) mass is 1290 g/mol. The van der Waals surface area contributed by atoms with Gasteiger partial charge < -0.3 is 29.4 Å². The molecule has 15 rings (SSSR count). The Morgan fingerprint density at radius 1 is 0.140 bits per heavy atom. The first kappa shape index (κ1) is 62.5. The van der Waals surface area contributed by atoms with E-state index in [2.05, 4.69) is 403 Å². The van der Waals surface area contributed by atoms with E-state index in [0.29, 0.717) is 0 Å². The van der Waals surface area contributed by atoms with Gasteiger partial charge in [-0.15, -0.1) is 0 Å². The second-order valence-corrected chi connectivity index (χ2v) is 24.0. The van der Waals surface area contributed by atoms with Gasteiger partial charge in [-0.1, -0.05) is 158 Å². The van der Waals surface area contributed by atoms with Gasteiger partial charge in [0.15, 0.2) is 0 Å². The summed E-state index contributed by atoms with van der Waals surface area (Å²) in [5.74, 6) is 0. The standard InChI is InChI=1S/C92H70N8/c1-7-25-75(26-8-1)95(81-45-39-71(40-46-81)37-43-73-23-19-21-69-93-73)83-49-53-85(54-50-83)97(77-29-11-3-12-30-77)87-57-61-89(62-58-87)99(79-33-15-5-16-34-79)91-65-67-92(68-66-91)100(80-35-17-6-18-36-80)90-63-59-88(60-64-90)98(78-31-13-4-14-32-78)86-55-51-84(52-56-86)96(76-27-9-2-10-28-76)82-47-41-72(42-48-82)38-44-74-24-20-22-70-94-74/h1-70H/b43-37+,44-38+. The molecular formula is C92H70N8. The molecule has 8 heteroatoms. The van der Waals surface area contributed by atoms with Gasteiger partial charge in [0.25, 0.3) is 0 Å². The van der Waals surface area contributed by atoms with E-state index in [1.807, 2.05) is 60.9 Å². The van der Waals surface area contributed by atoms with Crippen LogP contribution in [0.5, 0.6) is 0 Å². The number of para-hydroxylation sites is 6. The Morgan fingerprint density at radius 3 is 0.450 bits per heavy atom. The Labute approximate surface area is 585 Å². The van der Waals surface area contributed by atoms with Crippen LogP contribution >= 0.6 is 0 Å². The smallest absolute Gasteiger partial charge is 0.0629 e. The predicted octanol–water partition coefficient (Wildman–Crippen LogP) is 25.6. The van der Waals surface area contributed by atoms with Gasteiger partial charge in [-0.3, -0.25) is 9.97 Å². The Bertz CT molecular complexity index is 4770. The molecule has 2 aromatic heterocycles. The van der Waals surface area contributed by atoms with Gasteiger partial charge in [-0.2, -0.15) is 0 Å². The lowest BCUT2D eigenvalue weighted by atomic mass is 10.1. The Kier molecular flexibility index (Phi) is 18.8. The van der Waals surface area contributed by atoms with E-state index in [-0.39, 0.29) is 0 Å². The van der Waals surface area contributed by atoms with Crippen LogP contribution in [0.2, 0.25) is 0 Å². The number of pyridine rings is 2. The largest absolute Gasteiger partial charge is 0.311 e. The molecule has 15 aromatic rings. The molecule has 2 heterocycles. The molecule has 0 amide bonds. The number of hydrogen-bond acceptors (Lipinski definition) is 8. The predicted molar refractivity (Wildman–Crippen MR) is 421 cm³/mol. The minimum Gasteiger partial charge on any atom is -0.311 e. The van der Waals surface area contributed by atoms with Crippen LogP contribution in [0.4, 0.5) is 102 Å². The van der Waals surface area contributed by atoms with Crippen LogP contribution in [0.25, 0.3) is 24.3 Å². The van der Waals surface area contributed by atoms with E-state index in [1.54, 1.807) is 0 Å². The highest BCUT2D eigenvalue weighted by Crippen LogP contribution is 2.45. The SMILES string of the molecule is C(=C\c1ccccn1)/c1ccc(N(c2ccccc2)c2ccc(N(c3ccccc3)c3ccc(N(c4ccccc4)c4ccc(N(c5ccccc5)c5ccc(N(c6ccccc6)c6ccc(N(c7ccccc7)c7ccc(/C=C/c8ccccn8)cc7)cc6)cc5)cc4)cc3)cc2)cc1. The van der Waals surface area contributed by atoms with Crippen LogP contribution in [-0.4, -0.2) is 9.97 Å². The Morgan fingerprint density at radius 2 is 0.290 bits per heavy atom. The molecule has 0 aliphatic heterocycles. The van der Waals surface area contributed by atoms with Crippen LogP contribution in [-0.2, 0) is 0 Å². The van der Waals surface area contributed by atoms with Crippen molar-refractivity contribution in [3.63, 3.8) is 0 Å². The number of anilines is 18. The summed E-state index contributed by atoms with van der Waals surface area (Å²) < 4.78 is 0. The van der Waals surface area contributed by atoms with Crippen molar-refractivity contribution < 1.29 is 0 Å². The molecule has 0 N–H and O–H groups in total. The maximum atomic E-state index is 4.46. The van der Waals surface area contributed by atoms with Gasteiger partial charge in [0, 0.05) is 115 Å². The van der Waals surface area contributed by atoms with Gasteiger partial charge in [0.2, 0.25) is 0 Å². The van der Waals surface area contributed by atoms with Crippen molar-refractivity contribution in [2.45, 2.75) is 0 Å². The van der Waals surface area contributed by atoms with Gasteiger partial charge in [0.1, 0.15) is 0 Å². The zero-order chi connectivity index (χ0) is 67.1. The fraction of sp³-hybridized carbons (Fsp3) is 0. The van der Waals surface area contributed by atoms with Crippen molar-refractivity contribution in [2.75, 3.05) is 29.4 Å². The lowest BCUT2D eigenvalue weighted by Crippen LogP contribution is -2.14. The summed E-state index contributed by atoms with van der Waals surface area (Å²) in [5.41, 5.74) is 22.9. The van der Waals surface area contributed by atoms with Crippen molar-refractivity contribution in [1.82, 2.24) is 9.97 Å². The summed E-state index contributed by atoms with van der Waals surface area (Å²) in [4.78, 5) is 22.8. The third-order valence-electron chi connectivity index (χ3n) is 17.5. The average molecular weight is 1290 g/mol. The summed E-state index contributed by atoms with van der Waals surface area (Å²) in [7, 11) is 0. The topological polar surface area (TPSA) is 45.2 Å². The number of rotatable bonds is 22. The molecule has 0 saturated carbocycles. The molecule has 8 nitrogen and oxygen atoms in total. The molecule has 0 bridgehead atoms. The molecule has 0 saturated heterocycles. The fourth-order valence-corrected chi connectivity index (χ4v) is 12.7. The van der Waals surface area contributed by atoms with Crippen molar-refractivity contribution in [3.05, 3.63) is 423 Å². The van der Waals surface area contributed by atoms with Crippen LogP contribution in [0.1, 0.15) is 22.5 Å². The van der Waals surface area contributed by atoms with Crippen LogP contribution in [0, 0.1) is 0 Å². The van der Waals surface area contributed by atoms with Gasteiger partial charge in [-0.25, -0.2) is 0 Å². The average Bonchev–Trinajstić information content (AvgIpc) is 0.786. The normalized spacial score (nSPS) is 11.1. The molecule has 0 spiro atoms. The van der Waals surface area contributed by atoms with Crippen molar-refractivity contribution >= 4 is 127 Å². The molecule has 0 fully saturated rings. The summed E-state index contributed by atoms with van der Waals surface area (Å²) in [6.45, 7) is 0. The number of nitrogens with zero attached hydrogens (tertiary/aromatic N) is 8. The van der Waals surface area contributed by atoms with E-state index in [4.69, 9.17) is 0 Å². The summed E-state index contributed by atoms with van der Waals surface area (Å²) in [6.07, 6.45) is 11.9. The van der Waals surface area contributed by atoms with Crippen LogP contribution < -0.4 is 29.4 Å². The quantitative estimate of drug-likeness (QED) is 0.0665. The van der Waals surface area contributed by atoms with Gasteiger partial charge >= 0.3 is 0 Å². The van der Waals surface area contributed by atoms with E-state index in [9.17, 15) is 0 Å². The Hall–Kier alpha value is -13.6. The van der Waals surface area contributed by atoms with Crippen molar-refractivity contribution in [1.29, 1.82) is 0 Å². The van der Waals surface area contributed by atoms with Gasteiger partial charge in [-0.05, 0) is 266 Å². The number of aromatic nitrogens is 2. The van der Waals surface area contributed by atoms with Gasteiger partial charge in [0.05, 0.1) is 11.4 Å². The highest BCUT2D eigenvalue weighted by Gasteiger charge is 2.22. The molecule has 13 aromatic carbocycles. The maximum Gasteiger partial charge on any atom is 0.0629 e. The molecule has 0 atom stereocenters. The molecule has 100 heavy (non-hydrogen) atoms. The lowest BCUT2D eigenvalue weighted by molar-refractivity contribution is 1.23. The second-order valence-electron chi connectivity index (χ2n) is 24.0. The first-order chi connectivity index (χ1) is 49.6. The third kappa shape index (κ3) is 14.3. The molecule has 0 aliphatic carbocycles. The number of benzene rings is 13. The highest BCUT2D eigenvalue weighted by atomic mass is 15.2. The minimum atomic E-state index is 0.922. The number of hydrogen-bond donors (Lipinski definition) is 0. The summed E-state index contributed by atoms with van der Waals surface area (Å²) >= 11 is 0. The maximum absolute atomic E-state index is 4.46. The summed E-state index contributed by atoms with van der Waals surface area (Å²) in [6, 6.07) is 137. The molecule has 0 unspecified atom stereocenters. The highest BCUT2D eigenvalue weighted by molar-refractivity contribution is 5.88. The van der Waals surface area contributed by atoms with E-state index in [1.165, 1.54) is 0 Å². The molecular weight excluding hydrogens is 1220 g/mol. The van der Waals surface area contributed by atoms with Crippen molar-refractivity contribution in [2.24, 2.45) is 0 Å². The zero-order valence-corrected chi connectivity index (χ0v) is 55.0. The Balaban J connectivity index is 0.705. The summed E-state index contributed by atoms with van der Waals surface area (Å²) in [5, 5.41) is 0. The molecule has 478 valence electrons. The van der Waals surface area contributed by atoms with Crippen LogP contribution in [0.3, 0.4) is 0 Å². The molecule has 0 aliphatic rings. The second kappa shape index (κ2) is 30.0. The third-order valence-corrected chi connectivity index (χ3v) is 17.5. The molecule has 0 radical (unpaired) electrons. The van der Waals surface area contributed by atoms with E-state index < -0.39 is 0 Å². The van der Waals surface area contributed by atoms with Crippen molar-refractivity contribution in [3.8, 4) is 0 Å². The first-order valence-corrected chi connectivity index (χ1v) is 33.6.